The first-order valence-electron chi connectivity index (χ1n) is 8.29. The highest BCUT2D eigenvalue weighted by molar-refractivity contribution is 7.92. The number of carbonyl (C=O) groups is 1. The van der Waals surface area contributed by atoms with Gasteiger partial charge in [0, 0.05) is 5.02 Å². The van der Waals surface area contributed by atoms with E-state index in [1.807, 2.05) is 0 Å². The van der Waals surface area contributed by atoms with Gasteiger partial charge in [0.2, 0.25) is 10.0 Å². The molecule has 1 amide bonds. The van der Waals surface area contributed by atoms with Crippen LogP contribution >= 0.6 is 23.2 Å². The van der Waals surface area contributed by atoms with Crippen LogP contribution in [0, 0.1) is 0 Å². The van der Waals surface area contributed by atoms with Gasteiger partial charge >= 0.3 is 0 Å². The van der Waals surface area contributed by atoms with Crippen molar-refractivity contribution in [3.05, 3.63) is 70.7 Å². The molecule has 0 heterocycles. The number of hydrazone groups is 1. The molecule has 0 bridgehead atoms. The fraction of sp³-hybridized carbons (Fsp3) is 0.158. The maximum absolute atomic E-state index is 12.2. The fourth-order valence-corrected chi connectivity index (χ4v) is 3.54. The standard InChI is InChI=1S/C19H19Cl2N3O4S/c1-3-9-28-16-6-4-5-14(10-16)12-22-23-19(25)13-24(29(2,26)27)18-11-15(20)7-8-17(18)21/h3-8,10-12H,1,9,13H2,2H3,(H,23,25)/b22-12-. The maximum Gasteiger partial charge on any atom is 0.260 e. The number of ether oxygens (including phenoxy) is 1. The molecule has 0 fully saturated rings. The number of halogens is 2. The Morgan fingerprint density at radius 1 is 1.28 bits per heavy atom. The van der Waals surface area contributed by atoms with Crippen molar-refractivity contribution in [3.8, 4) is 5.75 Å². The molecule has 2 rings (SSSR count). The van der Waals surface area contributed by atoms with Gasteiger partial charge in [-0.1, -0.05) is 48.0 Å². The van der Waals surface area contributed by atoms with Gasteiger partial charge in [-0.25, -0.2) is 13.8 Å². The van der Waals surface area contributed by atoms with E-state index >= 15 is 0 Å². The lowest BCUT2D eigenvalue weighted by Gasteiger charge is -2.22. The molecule has 0 spiro atoms. The molecule has 0 aliphatic rings. The number of amides is 1. The number of carbonyl (C=O) groups excluding carboxylic acids is 1. The lowest BCUT2D eigenvalue weighted by molar-refractivity contribution is -0.119. The van der Waals surface area contributed by atoms with Gasteiger partial charge in [-0.15, -0.1) is 0 Å². The molecule has 0 aliphatic heterocycles. The molecule has 1 N–H and O–H groups in total. The Balaban J connectivity index is 2.08. The molecule has 0 radical (unpaired) electrons. The van der Waals surface area contributed by atoms with E-state index in [4.69, 9.17) is 27.9 Å². The summed E-state index contributed by atoms with van der Waals surface area (Å²) in [4.78, 5) is 12.2. The Morgan fingerprint density at radius 2 is 2.03 bits per heavy atom. The van der Waals surface area contributed by atoms with Gasteiger partial charge in [-0.2, -0.15) is 5.10 Å². The van der Waals surface area contributed by atoms with Gasteiger partial charge in [0.15, 0.2) is 0 Å². The number of nitrogens with zero attached hydrogens (tertiary/aromatic N) is 2. The Morgan fingerprint density at radius 3 is 2.72 bits per heavy atom. The second-order valence-electron chi connectivity index (χ2n) is 5.83. The number of hydrogen-bond acceptors (Lipinski definition) is 5. The molecular formula is C19H19Cl2N3O4S. The predicted octanol–water partition coefficient (Wildman–Crippen LogP) is 3.47. The number of anilines is 1. The van der Waals surface area contributed by atoms with E-state index in [2.05, 4.69) is 17.1 Å². The third-order valence-electron chi connectivity index (χ3n) is 3.49. The molecule has 0 atom stereocenters. The lowest BCUT2D eigenvalue weighted by atomic mass is 10.2. The molecular weight excluding hydrogens is 437 g/mol. The van der Waals surface area contributed by atoms with Gasteiger partial charge in [-0.3, -0.25) is 9.10 Å². The van der Waals surface area contributed by atoms with E-state index in [0.29, 0.717) is 17.9 Å². The van der Waals surface area contributed by atoms with Crippen molar-refractivity contribution in [1.29, 1.82) is 0 Å². The molecule has 0 saturated carbocycles. The molecule has 29 heavy (non-hydrogen) atoms. The molecule has 10 heteroatoms. The zero-order valence-corrected chi connectivity index (χ0v) is 17.8. The zero-order valence-electron chi connectivity index (χ0n) is 15.5. The van der Waals surface area contributed by atoms with Crippen molar-refractivity contribution < 1.29 is 17.9 Å². The lowest BCUT2D eigenvalue weighted by Crippen LogP contribution is -2.39. The minimum atomic E-state index is -3.79. The van der Waals surface area contributed by atoms with E-state index in [1.165, 1.54) is 24.4 Å². The summed E-state index contributed by atoms with van der Waals surface area (Å²) in [6, 6.07) is 11.4. The molecule has 0 saturated heterocycles. The van der Waals surface area contributed by atoms with Crippen LogP contribution in [-0.2, 0) is 14.8 Å². The number of hydrogen-bond donors (Lipinski definition) is 1. The minimum Gasteiger partial charge on any atom is -0.490 e. The van der Waals surface area contributed by atoms with E-state index in [-0.39, 0.29) is 15.7 Å². The van der Waals surface area contributed by atoms with Crippen LogP contribution in [0.15, 0.2) is 60.2 Å². The monoisotopic (exact) mass is 455 g/mol. The van der Waals surface area contributed by atoms with Crippen molar-refractivity contribution in [2.45, 2.75) is 0 Å². The van der Waals surface area contributed by atoms with Crippen LogP contribution in [0.4, 0.5) is 5.69 Å². The Bertz CT molecular complexity index is 1030. The first-order valence-corrected chi connectivity index (χ1v) is 10.9. The van der Waals surface area contributed by atoms with Crippen molar-refractivity contribution in [3.63, 3.8) is 0 Å². The van der Waals surface area contributed by atoms with Gasteiger partial charge in [-0.05, 0) is 35.9 Å². The first-order chi connectivity index (χ1) is 13.7. The summed E-state index contributed by atoms with van der Waals surface area (Å²) in [7, 11) is -3.79. The van der Waals surface area contributed by atoms with Crippen LogP contribution < -0.4 is 14.5 Å². The molecule has 0 aliphatic carbocycles. The molecule has 2 aromatic rings. The van der Waals surface area contributed by atoms with Crippen LogP contribution in [-0.4, -0.2) is 39.9 Å². The quantitative estimate of drug-likeness (QED) is 0.356. The second kappa shape index (κ2) is 10.3. The molecule has 7 nitrogen and oxygen atoms in total. The average molecular weight is 456 g/mol. The molecule has 0 aromatic heterocycles. The molecule has 154 valence electrons. The number of benzene rings is 2. The first kappa shape index (κ1) is 22.7. The van der Waals surface area contributed by atoms with Crippen molar-refractivity contribution in [2.75, 3.05) is 23.7 Å². The highest BCUT2D eigenvalue weighted by Gasteiger charge is 2.23. The number of sulfonamides is 1. The van der Waals surface area contributed by atoms with Crippen molar-refractivity contribution in [2.24, 2.45) is 5.10 Å². The third-order valence-corrected chi connectivity index (χ3v) is 5.17. The summed E-state index contributed by atoms with van der Waals surface area (Å²) in [5.74, 6) is -0.0270. The molecule has 2 aromatic carbocycles. The van der Waals surface area contributed by atoms with Gasteiger partial charge < -0.3 is 4.74 Å². The zero-order chi connectivity index (χ0) is 21.4. The summed E-state index contributed by atoms with van der Waals surface area (Å²) < 4.78 is 30.5. The van der Waals surface area contributed by atoms with E-state index in [9.17, 15) is 13.2 Å². The van der Waals surface area contributed by atoms with Crippen molar-refractivity contribution in [1.82, 2.24) is 5.43 Å². The van der Waals surface area contributed by atoms with Gasteiger partial charge in [0.25, 0.3) is 5.91 Å². The van der Waals surface area contributed by atoms with Crippen molar-refractivity contribution >= 4 is 51.0 Å². The maximum atomic E-state index is 12.2. The highest BCUT2D eigenvalue weighted by Crippen LogP contribution is 2.30. The topological polar surface area (TPSA) is 88.1 Å². The SMILES string of the molecule is C=CCOc1cccc(/C=N\NC(=O)CN(c2cc(Cl)ccc2Cl)S(C)(=O)=O)c1. The van der Waals surface area contributed by atoms with Crippen LogP contribution in [0.1, 0.15) is 5.56 Å². The van der Waals surface area contributed by atoms with Gasteiger partial charge in [0.1, 0.15) is 18.9 Å². The van der Waals surface area contributed by atoms with E-state index in [1.54, 1.807) is 30.3 Å². The summed E-state index contributed by atoms with van der Waals surface area (Å²) >= 11 is 12.0. The van der Waals surface area contributed by atoms with Gasteiger partial charge in [0.05, 0.1) is 23.2 Å². The smallest absolute Gasteiger partial charge is 0.260 e. The second-order valence-corrected chi connectivity index (χ2v) is 8.58. The summed E-state index contributed by atoms with van der Waals surface area (Å²) in [5.41, 5.74) is 3.08. The average Bonchev–Trinajstić information content (AvgIpc) is 2.66. The minimum absolute atomic E-state index is 0.105. The number of rotatable bonds is 9. The third kappa shape index (κ3) is 7.08. The van der Waals surface area contributed by atoms with Crippen LogP contribution in [0.3, 0.4) is 0 Å². The fourth-order valence-electron chi connectivity index (χ4n) is 2.24. The summed E-state index contributed by atoms with van der Waals surface area (Å²) in [6.45, 7) is 3.43. The van der Waals surface area contributed by atoms with E-state index < -0.39 is 22.5 Å². The largest absolute Gasteiger partial charge is 0.490 e. The summed E-state index contributed by atoms with van der Waals surface area (Å²) in [6.07, 6.45) is 4.01. The number of nitrogens with one attached hydrogen (secondary N) is 1. The Kier molecular flexibility index (Phi) is 8.07. The Labute approximate surface area is 179 Å². The predicted molar refractivity (Wildman–Crippen MR) is 117 cm³/mol. The highest BCUT2D eigenvalue weighted by atomic mass is 35.5. The van der Waals surface area contributed by atoms with E-state index in [0.717, 1.165) is 10.6 Å². The molecule has 0 unspecified atom stereocenters. The van der Waals surface area contributed by atoms with Crippen LogP contribution in [0.5, 0.6) is 5.75 Å². The summed E-state index contributed by atoms with van der Waals surface area (Å²) in [5, 5.41) is 4.28. The Hall–Kier alpha value is -2.55. The van der Waals surface area contributed by atoms with Crippen LogP contribution in [0.25, 0.3) is 0 Å². The van der Waals surface area contributed by atoms with Crippen LogP contribution in [0.2, 0.25) is 10.0 Å². The normalized spacial score (nSPS) is 11.3.